The molecule has 1 atom stereocenters. The predicted octanol–water partition coefficient (Wildman–Crippen LogP) is 1.96. The highest BCUT2D eigenvalue weighted by atomic mass is 16.5. The quantitative estimate of drug-likeness (QED) is 0.711. The topological polar surface area (TPSA) is 53.1 Å². The summed E-state index contributed by atoms with van der Waals surface area (Å²) in [4.78, 5) is 31.7. The highest BCUT2D eigenvalue weighted by molar-refractivity contribution is 5.86. The van der Waals surface area contributed by atoms with Crippen molar-refractivity contribution in [2.75, 3.05) is 52.9 Å². The number of nitrogens with zero attached hydrogens (tertiary/aromatic N) is 3. The number of amides is 2. The molecule has 1 aromatic rings. The molecule has 2 fully saturated rings. The van der Waals surface area contributed by atoms with E-state index in [1.54, 1.807) is 4.90 Å². The van der Waals surface area contributed by atoms with E-state index in [1.165, 1.54) is 5.56 Å². The van der Waals surface area contributed by atoms with Crippen LogP contribution in [0.1, 0.15) is 24.8 Å². The Labute approximate surface area is 179 Å². The Morgan fingerprint density at radius 1 is 1.13 bits per heavy atom. The summed E-state index contributed by atoms with van der Waals surface area (Å²) in [5, 5.41) is 0. The van der Waals surface area contributed by atoms with Gasteiger partial charge >= 0.3 is 0 Å². The summed E-state index contributed by atoms with van der Waals surface area (Å²) in [6, 6.07) is 10.6. The monoisotopic (exact) mass is 411 g/mol. The van der Waals surface area contributed by atoms with Gasteiger partial charge in [0.1, 0.15) is 0 Å². The maximum atomic E-state index is 13.0. The number of rotatable bonds is 4. The Bertz CT molecular complexity index is 773. The van der Waals surface area contributed by atoms with Crippen molar-refractivity contribution in [2.45, 2.75) is 31.3 Å². The smallest absolute Gasteiger partial charge is 0.256 e. The number of hydrogen-bond acceptors (Lipinski definition) is 4. The summed E-state index contributed by atoms with van der Waals surface area (Å²) in [5.41, 5.74) is 0.538. The molecule has 0 unspecified atom stereocenters. The third-order valence-corrected chi connectivity index (χ3v) is 6.69. The van der Waals surface area contributed by atoms with Gasteiger partial charge in [0.25, 0.3) is 5.91 Å². The molecule has 3 aliphatic heterocycles. The Balaban J connectivity index is 1.29. The molecule has 6 nitrogen and oxygen atoms in total. The standard InChI is InChI=1S/C24H33N3O3/c1-25-12-6-5-11-24(23(25)29)19-26(15-16-30-24)18-22(28)27-13-9-21(10-14-27)17-20-7-3-2-4-8-20/h2-8,21H,9-19H2,1H3/t24-/m0/s1. The van der Waals surface area contributed by atoms with Crippen LogP contribution in [0.5, 0.6) is 0 Å². The molecule has 0 N–H and O–H groups in total. The minimum Gasteiger partial charge on any atom is -0.362 e. The zero-order valence-electron chi connectivity index (χ0n) is 18.0. The largest absolute Gasteiger partial charge is 0.362 e. The van der Waals surface area contributed by atoms with Crippen LogP contribution in [0.15, 0.2) is 42.5 Å². The van der Waals surface area contributed by atoms with Gasteiger partial charge in [-0.05, 0) is 30.7 Å². The molecule has 0 bridgehead atoms. The molecule has 162 valence electrons. The Kier molecular flexibility index (Phi) is 6.54. The van der Waals surface area contributed by atoms with Crippen molar-refractivity contribution >= 4 is 11.8 Å². The van der Waals surface area contributed by atoms with Crippen molar-refractivity contribution in [3.05, 3.63) is 48.0 Å². The lowest BCUT2D eigenvalue weighted by atomic mass is 9.90. The number of carbonyl (C=O) groups excluding carboxylic acids is 2. The minimum atomic E-state index is -0.844. The van der Waals surface area contributed by atoms with Gasteiger partial charge < -0.3 is 14.5 Å². The van der Waals surface area contributed by atoms with E-state index in [1.807, 2.05) is 24.1 Å². The van der Waals surface area contributed by atoms with Gasteiger partial charge in [0, 0.05) is 46.2 Å². The van der Waals surface area contributed by atoms with Gasteiger partial charge in [-0.25, -0.2) is 0 Å². The van der Waals surface area contributed by atoms with E-state index in [0.717, 1.165) is 32.4 Å². The molecule has 3 heterocycles. The fraction of sp³-hybridized carbons (Fsp3) is 0.583. The second kappa shape index (κ2) is 9.31. The number of ether oxygens (including phenoxy) is 1. The van der Waals surface area contributed by atoms with Crippen LogP contribution < -0.4 is 0 Å². The molecule has 0 saturated carbocycles. The second-order valence-electron chi connectivity index (χ2n) is 8.93. The molecular formula is C24H33N3O3. The first-order valence-corrected chi connectivity index (χ1v) is 11.1. The fourth-order valence-corrected chi connectivity index (χ4v) is 4.89. The maximum Gasteiger partial charge on any atom is 0.256 e. The molecule has 0 aliphatic carbocycles. The van der Waals surface area contributed by atoms with Gasteiger partial charge in [0.05, 0.1) is 13.2 Å². The zero-order valence-corrected chi connectivity index (χ0v) is 18.0. The summed E-state index contributed by atoms with van der Waals surface area (Å²) in [6.07, 6.45) is 7.83. The van der Waals surface area contributed by atoms with Crippen molar-refractivity contribution in [2.24, 2.45) is 5.92 Å². The van der Waals surface area contributed by atoms with E-state index in [9.17, 15) is 9.59 Å². The van der Waals surface area contributed by atoms with Gasteiger partial charge in [-0.15, -0.1) is 0 Å². The Morgan fingerprint density at radius 3 is 2.67 bits per heavy atom. The van der Waals surface area contributed by atoms with Crippen molar-refractivity contribution in [1.82, 2.24) is 14.7 Å². The first-order chi connectivity index (χ1) is 14.6. The van der Waals surface area contributed by atoms with E-state index in [-0.39, 0.29) is 11.8 Å². The van der Waals surface area contributed by atoms with Crippen LogP contribution in [0.3, 0.4) is 0 Å². The SMILES string of the molecule is CN1CC=CC[C@]2(CN(CC(=O)N3CCC(Cc4ccccc4)CC3)CCO2)C1=O. The highest BCUT2D eigenvalue weighted by Crippen LogP contribution is 2.27. The molecular weight excluding hydrogens is 378 g/mol. The zero-order chi connectivity index (χ0) is 21.0. The van der Waals surface area contributed by atoms with Gasteiger partial charge in [0.2, 0.25) is 5.91 Å². The van der Waals surface area contributed by atoms with Crippen LogP contribution in [0.2, 0.25) is 0 Å². The lowest BCUT2D eigenvalue weighted by Crippen LogP contribution is -2.60. The minimum absolute atomic E-state index is 0.0198. The number of morpholine rings is 1. The molecule has 4 rings (SSSR count). The number of carbonyl (C=O) groups is 2. The molecule has 0 aromatic heterocycles. The molecule has 6 heteroatoms. The van der Waals surface area contributed by atoms with Crippen molar-refractivity contribution in [3.63, 3.8) is 0 Å². The average molecular weight is 412 g/mol. The highest BCUT2D eigenvalue weighted by Gasteiger charge is 2.45. The lowest BCUT2D eigenvalue weighted by Gasteiger charge is -2.42. The number of likely N-dealkylation sites (N-methyl/N-ethyl adjacent to an activating group) is 1. The third kappa shape index (κ3) is 4.76. The number of piperidine rings is 1. The molecule has 1 spiro atoms. The molecule has 3 aliphatic rings. The maximum absolute atomic E-state index is 13.0. The summed E-state index contributed by atoms with van der Waals surface area (Å²) in [5.74, 6) is 0.843. The molecule has 1 aromatic carbocycles. The van der Waals surface area contributed by atoms with Gasteiger partial charge in [-0.2, -0.15) is 0 Å². The Morgan fingerprint density at radius 2 is 1.90 bits per heavy atom. The van der Waals surface area contributed by atoms with Gasteiger partial charge in [-0.3, -0.25) is 14.5 Å². The van der Waals surface area contributed by atoms with Crippen LogP contribution in [-0.4, -0.2) is 85.0 Å². The van der Waals surface area contributed by atoms with Crippen LogP contribution in [0, 0.1) is 5.92 Å². The van der Waals surface area contributed by atoms with E-state index in [2.05, 4.69) is 35.2 Å². The first kappa shape index (κ1) is 21.1. The molecule has 2 saturated heterocycles. The van der Waals surface area contributed by atoms with Gasteiger partial charge in [-0.1, -0.05) is 42.5 Å². The first-order valence-electron chi connectivity index (χ1n) is 11.1. The number of likely N-dealkylation sites (tertiary alicyclic amines) is 1. The van der Waals surface area contributed by atoms with E-state index in [4.69, 9.17) is 4.74 Å². The van der Waals surface area contributed by atoms with Crippen molar-refractivity contribution in [1.29, 1.82) is 0 Å². The van der Waals surface area contributed by atoms with Gasteiger partial charge in [0.15, 0.2) is 5.60 Å². The Hall–Kier alpha value is -2.18. The van der Waals surface area contributed by atoms with E-state index >= 15 is 0 Å². The van der Waals surface area contributed by atoms with E-state index < -0.39 is 5.60 Å². The fourth-order valence-electron chi connectivity index (χ4n) is 4.89. The normalized spacial score (nSPS) is 26.2. The van der Waals surface area contributed by atoms with Crippen molar-refractivity contribution in [3.8, 4) is 0 Å². The van der Waals surface area contributed by atoms with Crippen LogP contribution in [-0.2, 0) is 20.7 Å². The summed E-state index contributed by atoms with van der Waals surface area (Å²) < 4.78 is 5.99. The van der Waals surface area contributed by atoms with Crippen LogP contribution in [0.25, 0.3) is 0 Å². The number of hydrogen-bond donors (Lipinski definition) is 0. The number of benzene rings is 1. The molecule has 30 heavy (non-hydrogen) atoms. The van der Waals surface area contributed by atoms with E-state index in [0.29, 0.717) is 45.1 Å². The second-order valence-corrected chi connectivity index (χ2v) is 8.93. The van der Waals surface area contributed by atoms with Crippen LogP contribution >= 0.6 is 0 Å². The average Bonchev–Trinajstić information content (AvgIpc) is 2.89. The molecule has 0 radical (unpaired) electrons. The summed E-state index contributed by atoms with van der Waals surface area (Å²) in [7, 11) is 1.81. The summed E-state index contributed by atoms with van der Waals surface area (Å²) in [6.45, 7) is 4.30. The van der Waals surface area contributed by atoms with Crippen LogP contribution in [0.4, 0.5) is 0 Å². The molecule has 2 amide bonds. The summed E-state index contributed by atoms with van der Waals surface area (Å²) >= 11 is 0. The predicted molar refractivity (Wildman–Crippen MR) is 116 cm³/mol. The van der Waals surface area contributed by atoms with Crippen molar-refractivity contribution < 1.29 is 14.3 Å². The third-order valence-electron chi connectivity index (χ3n) is 6.69. The lowest BCUT2D eigenvalue weighted by molar-refractivity contribution is -0.169.